The molecule has 0 aliphatic carbocycles. The van der Waals surface area contributed by atoms with Gasteiger partial charge in [0.2, 0.25) is 5.91 Å². The molecule has 110 valence electrons. The summed E-state index contributed by atoms with van der Waals surface area (Å²) in [5.74, 6) is 0.108. The lowest BCUT2D eigenvalue weighted by molar-refractivity contribution is -0.127. The van der Waals surface area contributed by atoms with E-state index >= 15 is 0 Å². The van der Waals surface area contributed by atoms with Gasteiger partial charge in [0.15, 0.2) is 0 Å². The summed E-state index contributed by atoms with van der Waals surface area (Å²) >= 11 is 0. The average molecular weight is 269 g/mol. The number of rotatable bonds is 5. The third-order valence-electron chi connectivity index (χ3n) is 4.43. The summed E-state index contributed by atoms with van der Waals surface area (Å²) in [5, 5.41) is 15.5. The molecule has 0 bridgehead atoms. The Balaban J connectivity index is 1.91. The number of hydrogen-bond donors (Lipinski definition) is 3. The Morgan fingerprint density at radius 3 is 2.79 bits per heavy atom. The molecular weight excluding hydrogens is 242 g/mol. The molecule has 2 aliphatic heterocycles. The van der Waals surface area contributed by atoms with Crippen LogP contribution in [0.2, 0.25) is 0 Å². The van der Waals surface area contributed by atoms with E-state index in [9.17, 15) is 9.90 Å². The maximum atomic E-state index is 12.3. The maximum Gasteiger partial charge on any atom is 0.237 e. The van der Waals surface area contributed by atoms with E-state index in [1.54, 1.807) is 0 Å². The van der Waals surface area contributed by atoms with Crippen molar-refractivity contribution in [2.24, 2.45) is 0 Å². The summed E-state index contributed by atoms with van der Waals surface area (Å²) in [5.41, 5.74) is 0. The van der Waals surface area contributed by atoms with E-state index in [0.717, 1.165) is 51.7 Å². The van der Waals surface area contributed by atoms with E-state index in [-0.39, 0.29) is 24.6 Å². The van der Waals surface area contributed by atoms with Gasteiger partial charge in [-0.3, -0.25) is 9.69 Å². The van der Waals surface area contributed by atoms with E-state index in [2.05, 4.69) is 15.5 Å². The Hall–Kier alpha value is -0.650. The highest BCUT2D eigenvalue weighted by molar-refractivity contribution is 5.82. The topological polar surface area (TPSA) is 64.6 Å². The molecular formula is C14H27N3O2. The number of hydrogen-bond acceptors (Lipinski definition) is 4. The third kappa shape index (κ3) is 3.68. The van der Waals surface area contributed by atoms with Crippen molar-refractivity contribution >= 4 is 5.91 Å². The van der Waals surface area contributed by atoms with Gasteiger partial charge in [0, 0.05) is 6.04 Å². The molecule has 0 aromatic carbocycles. The Bertz CT molecular complexity index is 288. The van der Waals surface area contributed by atoms with Crippen LogP contribution in [0, 0.1) is 0 Å². The molecule has 5 nitrogen and oxygen atoms in total. The molecule has 2 unspecified atom stereocenters. The van der Waals surface area contributed by atoms with Crippen LogP contribution in [0.15, 0.2) is 0 Å². The number of piperidine rings is 1. The second-order valence-electron chi connectivity index (χ2n) is 5.67. The van der Waals surface area contributed by atoms with Gasteiger partial charge in [0.25, 0.3) is 0 Å². The SMILES string of the molecule is CCC(CO)NC(=O)C1CCCN1C1CCNCC1. The fourth-order valence-electron chi connectivity index (χ4n) is 3.22. The van der Waals surface area contributed by atoms with E-state index in [1.807, 2.05) is 6.92 Å². The van der Waals surface area contributed by atoms with Crippen molar-refractivity contribution in [3.63, 3.8) is 0 Å². The van der Waals surface area contributed by atoms with Gasteiger partial charge >= 0.3 is 0 Å². The fourth-order valence-corrected chi connectivity index (χ4v) is 3.22. The van der Waals surface area contributed by atoms with Gasteiger partial charge in [-0.2, -0.15) is 0 Å². The Kier molecular flexibility index (Phi) is 5.60. The van der Waals surface area contributed by atoms with Crippen LogP contribution in [-0.4, -0.2) is 60.3 Å². The first-order valence-electron chi connectivity index (χ1n) is 7.64. The number of amides is 1. The minimum absolute atomic E-state index is 0.0173. The number of carbonyl (C=O) groups excluding carboxylic acids is 1. The quantitative estimate of drug-likeness (QED) is 0.662. The summed E-state index contributed by atoms with van der Waals surface area (Å²) in [7, 11) is 0. The summed E-state index contributed by atoms with van der Waals surface area (Å²) in [4.78, 5) is 14.7. The second kappa shape index (κ2) is 7.22. The van der Waals surface area contributed by atoms with Crippen LogP contribution in [0.25, 0.3) is 0 Å². The number of aliphatic hydroxyl groups is 1. The van der Waals surface area contributed by atoms with Crippen LogP contribution in [-0.2, 0) is 4.79 Å². The zero-order valence-electron chi connectivity index (χ0n) is 11.9. The highest BCUT2D eigenvalue weighted by atomic mass is 16.3. The molecule has 2 saturated heterocycles. The first-order valence-corrected chi connectivity index (χ1v) is 7.64. The van der Waals surface area contributed by atoms with Gasteiger partial charge in [0.05, 0.1) is 18.7 Å². The Morgan fingerprint density at radius 2 is 2.16 bits per heavy atom. The van der Waals surface area contributed by atoms with Gasteiger partial charge in [0.1, 0.15) is 0 Å². The van der Waals surface area contributed by atoms with Gasteiger partial charge in [-0.15, -0.1) is 0 Å². The molecule has 1 amide bonds. The van der Waals surface area contributed by atoms with E-state index in [0.29, 0.717) is 6.04 Å². The lowest BCUT2D eigenvalue weighted by Gasteiger charge is -2.35. The first kappa shape index (κ1) is 14.8. The molecule has 0 saturated carbocycles. The van der Waals surface area contributed by atoms with E-state index < -0.39 is 0 Å². The highest BCUT2D eigenvalue weighted by Crippen LogP contribution is 2.24. The van der Waals surface area contributed by atoms with Gasteiger partial charge < -0.3 is 15.7 Å². The Morgan fingerprint density at radius 1 is 1.42 bits per heavy atom. The summed E-state index contributed by atoms with van der Waals surface area (Å²) < 4.78 is 0. The zero-order chi connectivity index (χ0) is 13.7. The molecule has 2 atom stereocenters. The third-order valence-corrected chi connectivity index (χ3v) is 4.43. The van der Waals surface area contributed by atoms with Crippen molar-refractivity contribution in [2.45, 2.75) is 57.2 Å². The molecule has 0 spiro atoms. The van der Waals surface area contributed by atoms with E-state index in [1.165, 1.54) is 0 Å². The lowest BCUT2D eigenvalue weighted by Crippen LogP contribution is -2.52. The predicted molar refractivity (Wildman–Crippen MR) is 74.9 cm³/mol. The summed E-state index contributed by atoms with van der Waals surface area (Å²) in [6, 6.07) is 0.473. The highest BCUT2D eigenvalue weighted by Gasteiger charge is 2.36. The minimum atomic E-state index is -0.0945. The number of aliphatic hydroxyl groups excluding tert-OH is 1. The van der Waals surface area contributed by atoms with Crippen LogP contribution < -0.4 is 10.6 Å². The Labute approximate surface area is 115 Å². The fraction of sp³-hybridized carbons (Fsp3) is 0.929. The number of nitrogens with zero attached hydrogens (tertiary/aromatic N) is 1. The van der Waals surface area contributed by atoms with Crippen LogP contribution in [0.1, 0.15) is 39.0 Å². The smallest absolute Gasteiger partial charge is 0.237 e. The van der Waals surface area contributed by atoms with Gasteiger partial charge in [-0.1, -0.05) is 6.92 Å². The molecule has 2 rings (SSSR count). The van der Waals surface area contributed by atoms with Crippen LogP contribution in [0.3, 0.4) is 0 Å². The molecule has 2 aliphatic rings. The minimum Gasteiger partial charge on any atom is -0.394 e. The van der Waals surface area contributed by atoms with Crippen molar-refractivity contribution in [3.05, 3.63) is 0 Å². The number of nitrogens with one attached hydrogen (secondary N) is 2. The van der Waals surface area contributed by atoms with Gasteiger partial charge in [-0.25, -0.2) is 0 Å². The molecule has 2 fully saturated rings. The molecule has 3 N–H and O–H groups in total. The molecule has 0 radical (unpaired) electrons. The summed E-state index contributed by atoms with van der Waals surface area (Å²) in [6.45, 7) is 5.18. The van der Waals surface area contributed by atoms with Crippen LogP contribution in [0.4, 0.5) is 0 Å². The second-order valence-corrected chi connectivity index (χ2v) is 5.67. The normalized spacial score (nSPS) is 27.4. The first-order chi connectivity index (χ1) is 9.26. The monoisotopic (exact) mass is 269 g/mol. The average Bonchev–Trinajstić information content (AvgIpc) is 2.95. The van der Waals surface area contributed by atoms with Crippen molar-refractivity contribution in [1.82, 2.24) is 15.5 Å². The van der Waals surface area contributed by atoms with Crippen LogP contribution >= 0.6 is 0 Å². The van der Waals surface area contributed by atoms with Crippen LogP contribution in [0.5, 0.6) is 0 Å². The van der Waals surface area contributed by atoms with E-state index in [4.69, 9.17) is 0 Å². The largest absolute Gasteiger partial charge is 0.394 e. The van der Waals surface area contributed by atoms with Crippen molar-refractivity contribution in [1.29, 1.82) is 0 Å². The molecule has 2 heterocycles. The molecule has 5 heteroatoms. The lowest BCUT2D eigenvalue weighted by atomic mass is 10.0. The number of likely N-dealkylation sites (tertiary alicyclic amines) is 1. The standard InChI is InChI=1S/C14H27N3O2/c1-2-11(10-18)16-14(19)13-4-3-9-17(13)12-5-7-15-8-6-12/h11-13,15,18H,2-10H2,1H3,(H,16,19). The molecule has 19 heavy (non-hydrogen) atoms. The molecule has 0 aromatic rings. The van der Waals surface area contributed by atoms with Gasteiger partial charge in [-0.05, 0) is 51.7 Å². The van der Waals surface area contributed by atoms with Crippen molar-refractivity contribution in [2.75, 3.05) is 26.2 Å². The van der Waals surface area contributed by atoms with Crippen molar-refractivity contribution in [3.8, 4) is 0 Å². The maximum absolute atomic E-state index is 12.3. The predicted octanol–water partition coefficient (Wildman–Crippen LogP) is 0.0899. The number of carbonyl (C=O) groups is 1. The van der Waals surface area contributed by atoms with Crippen molar-refractivity contribution < 1.29 is 9.90 Å². The summed E-state index contributed by atoms with van der Waals surface area (Å²) in [6.07, 6.45) is 5.12. The molecule has 0 aromatic heterocycles. The zero-order valence-corrected chi connectivity index (χ0v) is 11.9.